The summed E-state index contributed by atoms with van der Waals surface area (Å²) in [5, 5.41) is 3.08. The average Bonchev–Trinajstić information content (AvgIpc) is 2.81. The molecule has 1 aliphatic heterocycles. The van der Waals surface area contributed by atoms with Gasteiger partial charge in [-0.3, -0.25) is 4.79 Å². The van der Waals surface area contributed by atoms with E-state index in [1.165, 1.54) is 5.56 Å². The van der Waals surface area contributed by atoms with Gasteiger partial charge in [0.25, 0.3) is 0 Å². The summed E-state index contributed by atoms with van der Waals surface area (Å²) in [5.41, 5.74) is 1.35. The summed E-state index contributed by atoms with van der Waals surface area (Å²) < 4.78 is 0. The van der Waals surface area contributed by atoms with Crippen molar-refractivity contribution in [1.82, 2.24) is 10.2 Å². The molecule has 1 N–H and O–H groups in total. The van der Waals surface area contributed by atoms with Gasteiger partial charge in [0.05, 0.1) is 0 Å². The molecule has 0 aromatic heterocycles. The van der Waals surface area contributed by atoms with Gasteiger partial charge in [0.1, 0.15) is 0 Å². The van der Waals surface area contributed by atoms with E-state index in [2.05, 4.69) is 41.4 Å². The van der Waals surface area contributed by atoms with E-state index in [1.807, 2.05) is 20.0 Å². The molecule has 0 spiro atoms. The molecule has 1 aliphatic rings. The van der Waals surface area contributed by atoms with E-state index in [-0.39, 0.29) is 24.2 Å². The first-order chi connectivity index (χ1) is 9.13. The monoisotopic (exact) mass is 296 g/mol. The van der Waals surface area contributed by atoms with Crippen LogP contribution in [0.2, 0.25) is 0 Å². The smallest absolute Gasteiger partial charge is 0.226 e. The predicted octanol–water partition coefficient (Wildman–Crippen LogP) is 2.67. The third-order valence-corrected chi connectivity index (χ3v) is 4.06. The molecule has 1 fully saturated rings. The summed E-state index contributed by atoms with van der Waals surface area (Å²) in [5.74, 6) is 0.823. The van der Waals surface area contributed by atoms with Crippen molar-refractivity contribution in [2.24, 2.45) is 5.92 Å². The number of nitrogens with one attached hydrogen (secondary N) is 1. The SMILES string of the molecule is CNCC(C)C(=O)N1CC(c2ccccc2)CC1C.Cl. The van der Waals surface area contributed by atoms with Gasteiger partial charge in [0, 0.05) is 31.0 Å². The summed E-state index contributed by atoms with van der Waals surface area (Å²) in [7, 11) is 1.89. The lowest BCUT2D eigenvalue weighted by Crippen LogP contribution is -2.40. The number of hydrogen-bond donors (Lipinski definition) is 1. The van der Waals surface area contributed by atoms with Gasteiger partial charge in [0.15, 0.2) is 0 Å². The maximum Gasteiger partial charge on any atom is 0.226 e. The van der Waals surface area contributed by atoms with E-state index in [9.17, 15) is 4.79 Å². The predicted molar refractivity (Wildman–Crippen MR) is 85.3 cm³/mol. The van der Waals surface area contributed by atoms with E-state index in [1.54, 1.807) is 0 Å². The molecule has 3 atom stereocenters. The van der Waals surface area contributed by atoms with Crippen LogP contribution >= 0.6 is 12.4 Å². The van der Waals surface area contributed by atoms with Crippen LogP contribution in [0.25, 0.3) is 0 Å². The van der Waals surface area contributed by atoms with Gasteiger partial charge in [0.2, 0.25) is 5.91 Å². The van der Waals surface area contributed by atoms with Crippen molar-refractivity contribution in [1.29, 1.82) is 0 Å². The highest BCUT2D eigenvalue weighted by molar-refractivity contribution is 5.85. The fraction of sp³-hybridized carbons (Fsp3) is 0.562. The van der Waals surface area contributed by atoms with Crippen molar-refractivity contribution in [3.05, 3.63) is 35.9 Å². The number of carbonyl (C=O) groups is 1. The molecule has 0 aliphatic carbocycles. The Morgan fingerprint density at radius 2 is 2.05 bits per heavy atom. The minimum Gasteiger partial charge on any atom is -0.339 e. The maximum atomic E-state index is 12.4. The standard InChI is InChI=1S/C16H24N2O.ClH/c1-12(10-17-3)16(19)18-11-15(9-13(18)2)14-7-5-4-6-8-14;/h4-8,12-13,15,17H,9-11H2,1-3H3;1H. The Hall–Kier alpha value is -1.06. The van der Waals surface area contributed by atoms with Crippen LogP contribution in [0.4, 0.5) is 0 Å². The molecule has 1 amide bonds. The van der Waals surface area contributed by atoms with Crippen LogP contribution in [0, 0.1) is 5.92 Å². The highest BCUT2D eigenvalue weighted by Gasteiger charge is 2.34. The number of halogens is 1. The van der Waals surface area contributed by atoms with Crippen LogP contribution in [0.1, 0.15) is 31.7 Å². The minimum atomic E-state index is 0. The van der Waals surface area contributed by atoms with Gasteiger partial charge in [-0.1, -0.05) is 37.3 Å². The highest BCUT2D eigenvalue weighted by Crippen LogP contribution is 2.32. The van der Waals surface area contributed by atoms with Gasteiger partial charge in [-0.05, 0) is 26.0 Å². The summed E-state index contributed by atoms with van der Waals surface area (Å²) in [6.45, 7) is 5.77. The lowest BCUT2D eigenvalue weighted by atomic mass is 9.97. The Morgan fingerprint density at radius 1 is 1.40 bits per heavy atom. The summed E-state index contributed by atoms with van der Waals surface area (Å²) >= 11 is 0. The number of amides is 1. The summed E-state index contributed by atoms with van der Waals surface area (Å²) in [6.07, 6.45) is 1.07. The third kappa shape index (κ3) is 3.74. The van der Waals surface area contributed by atoms with Gasteiger partial charge in [-0.2, -0.15) is 0 Å². The zero-order valence-corrected chi connectivity index (χ0v) is 13.3. The minimum absolute atomic E-state index is 0. The van der Waals surface area contributed by atoms with E-state index < -0.39 is 0 Å². The van der Waals surface area contributed by atoms with Gasteiger partial charge in [-0.15, -0.1) is 12.4 Å². The number of hydrogen-bond acceptors (Lipinski definition) is 2. The molecule has 4 heteroatoms. The molecular weight excluding hydrogens is 272 g/mol. The molecule has 0 saturated carbocycles. The summed E-state index contributed by atoms with van der Waals surface area (Å²) in [4.78, 5) is 14.5. The second kappa shape index (κ2) is 7.65. The molecule has 1 saturated heterocycles. The molecule has 20 heavy (non-hydrogen) atoms. The van der Waals surface area contributed by atoms with Crippen molar-refractivity contribution in [2.75, 3.05) is 20.1 Å². The Morgan fingerprint density at radius 3 is 2.65 bits per heavy atom. The Balaban J connectivity index is 0.00000200. The van der Waals surface area contributed by atoms with Gasteiger partial charge < -0.3 is 10.2 Å². The topological polar surface area (TPSA) is 32.3 Å². The Kier molecular flexibility index (Phi) is 6.50. The molecular formula is C16H25ClN2O. The molecule has 2 rings (SSSR count). The van der Waals surface area contributed by atoms with Gasteiger partial charge >= 0.3 is 0 Å². The molecule has 0 bridgehead atoms. The quantitative estimate of drug-likeness (QED) is 0.926. The molecule has 3 unspecified atom stereocenters. The van der Waals surface area contributed by atoms with Crippen molar-refractivity contribution >= 4 is 18.3 Å². The number of carbonyl (C=O) groups excluding carboxylic acids is 1. The Labute approximate surface area is 128 Å². The molecule has 3 nitrogen and oxygen atoms in total. The third-order valence-electron chi connectivity index (χ3n) is 4.06. The van der Waals surface area contributed by atoms with E-state index >= 15 is 0 Å². The first kappa shape index (κ1) is 17.0. The summed E-state index contributed by atoms with van der Waals surface area (Å²) in [6, 6.07) is 10.9. The number of nitrogens with zero attached hydrogens (tertiary/aromatic N) is 1. The highest BCUT2D eigenvalue weighted by atomic mass is 35.5. The zero-order valence-electron chi connectivity index (χ0n) is 12.5. The van der Waals surface area contributed by atoms with Crippen LogP contribution in [-0.4, -0.2) is 37.0 Å². The zero-order chi connectivity index (χ0) is 13.8. The van der Waals surface area contributed by atoms with Crippen LogP contribution in [0.3, 0.4) is 0 Å². The van der Waals surface area contributed by atoms with E-state index in [0.717, 1.165) is 19.5 Å². The number of rotatable bonds is 4. The van der Waals surface area contributed by atoms with Crippen LogP contribution < -0.4 is 5.32 Å². The van der Waals surface area contributed by atoms with Crippen LogP contribution in [0.5, 0.6) is 0 Å². The second-order valence-electron chi connectivity index (χ2n) is 5.64. The van der Waals surface area contributed by atoms with Crippen molar-refractivity contribution in [2.45, 2.75) is 32.2 Å². The maximum absolute atomic E-state index is 12.4. The second-order valence-corrected chi connectivity index (χ2v) is 5.64. The number of likely N-dealkylation sites (tertiary alicyclic amines) is 1. The van der Waals surface area contributed by atoms with Gasteiger partial charge in [-0.25, -0.2) is 0 Å². The van der Waals surface area contributed by atoms with E-state index in [0.29, 0.717) is 12.0 Å². The molecule has 1 heterocycles. The Bertz CT molecular complexity index is 424. The first-order valence-electron chi connectivity index (χ1n) is 7.13. The lowest BCUT2D eigenvalue weighted by Gasteiger charge is -2.25. The largest absolute Gasteiger partial charge is 0.339 e. The fourth-order valence-corrected chi connectivity index (χ4v) is 2.98. The van der Waals surface area contributed by atoms with Crippen LogP contribution in [0.15, 0.2) is 30.3 Å². The molecule has 1 aromatic rings. The van der Waals surface area contributed by atoms with Crippen LogP contribution in [-0.2, 0) is 4.79 Å². The first-order valence-corrected chi connectivity index (χ1v) is 7.13. The average molecular weight is 297 g/mol. The normalized spacial score (nSPS) is 23.2. The van der Waals surface area contributed by atoms with Crippen molar-refractivity contribution < 1.29 is 4.79 Å². The number of benzene rings is 1. The van der Waals surface area contributed by atoms with Crippen molar-refractivity contribution in [3.63, 3.8) is 0 Å². The molecule has 112 valence electrons. The molecule has 1 aromatic carbocycles. The van der Waals surface area contributed by atoms with Crippen molar-refractivity contribution in [3.8, 4) is 0 Å². The molecule has 0 radical (unpaired) electrons. The fourth-order valence-electron chi connectivity index (χ4n) is 2.98. The lowest BCUT2D eigenvalue weighted by molar-refractivity contribution is -0.135. The van der Waals surface area contributed by atoms with E-state index in [4.69, 9.17) is 0 Å².